The van der Waals surface area contributed by atoms with Gasteiger partial charge in [0.05, 0.1) is 17.6 Å². The predicted octanol–water partition coefficient (Wildman–Crippen LogP) is 3.87. The second kappa shape index (κ2) is 6.08. The zero-order valence-corrected chi connectivity index (χ0v) is 14.1. The third kappa shape index (κ3) is 3.10. The second-order valence-corrected chi connectivity index (χ2v) is 6.28. The quantitative estimate of drug-likeness (QED) is 0.789. The number of H-pyrrole nitrogens is 1. The Morgan fingerprint density at radius 2 is 2.17 bits per heavy atom. The van der Waals surface area contributed by atoms with Crippen LogP contribution in [-0.2, 0) is 6.54 Å². The van der Waals surface area contributed by atoms with Crippen LogP contribution < -0.4 is 0 Å². The van der Waals surface area contributed by atoms with E-state index in [0.29, 0.717) is 23.4 Å². The Hall–Kier alpha value is -2.27. The van der Waals surface area contributed by atoms with Crippen LogP contribution in [-0.4, -0.2) is 32.4 Å². The minimum atomic E-state index is -0.0332. The van der Waals surface area contributed by atoms with E-state index in [-0.39, 0.29) is 5.91 Å². The molecule has 120 valence electrons. The lowest BCUT2D eigenvalue weighted by Gasteiger charge is -2.20. The van der Waals surface area contributed by atoms with E-state index >= 15 is 0 Å². The number of aromatic nitrogens is 3. The smallest absolute Gasteiger partial charge is 0.254 e. The molecule has 1 aromatic carbocycles. The molecule has 0 saturated carbocycles. The molecular weight excluding hydrogens is 312 g/mol. The summed E-state index contributed by atoms with van der Waals surface area (Å²) in [6, 6.07) is 9.78. The van der Waals surface area contributed by atoms with Gasteiger partial charge in [-0.15, -0.1) is 0 Å². The molecule has 2 aromatic heterocycles. The molecule has 2 heterocycles. The van der Waals surface area contributed by atoms with Crippen LogP contribution in [0, 0.1) is 0 Å². The van der Waals surface area contributed by atoms with Crippen molar-refractivity contribution >= 4 is 28.5 Å². The highest BCUT2D eigenvalue weighted by atomic mass is 35.5. The van der Waals surface area contributed by atoms with Crippen molar-refractivity contribution in [2.45, 2.75) is 26.4 Å². The van der Waals surface area contributed by atoms with Crippen LogP contribution >= 0.6 is 11.6 Å². The molecule has 1 amide bonds. The number of hydrogen-bond acceptors (Lipinski definition) is 2. The highest BCUT2D eigenvalue weighted by Crippen LogP contribution is 2.18. The maximum absolute atomic E-state index is 12.7. The number of nitrogens with zero attached hydrogens (tertiary/aromatic N) is 3. The largest absolute Gasteiger partial charge is 0.347 e. The summed E-state index contributed by atoms with van der Waals surface area (Å²) in [4.78, 5) is 21.4. The highest BCUT2D eigenvalue weighted by Gasteiger charge is 2.15. The molecule has 1 N–H and O–H groups in total. The molecule has 3 rings (SSSR count). The van der Waals surface area contributed by atoms with Gasteiger partial charge in [-0.2, -0.15) is 0 Å². The highest BCUT2D eigenvalue weighted by molar-refractivity contribution is 6.29. The molecule has 6 heteroatoms. The number of aromatic amines is 1. The van der Waals surface area contributed by atoms with Gasteiger partial charge in [0.2, 0.25) is 5.28 Å². The van der Waals surface area contributed by atoms with E-state index in [4.69, 9.17) is 11.6 Å². The summed E-state index contributed by atoms with van der Waals surface area (Å²) in [5.74, 6) is -0.0332. The van der Waals surface area contributed by atoms with Crippen molar-refractivity contribution in [2.24, 2.45) is 0 Å². The van der Waals surface area contributed by atoms with Gasteiger partial charge in [-0.1, -0.05) is 0 Å². The fraction of sp³-hybridized carbons (Fsp3) is 0.294. The predicted molar refractivity (Wildman–Crippen MR) is 91.7 cm³/mol. The summed E-state index contributed by atoms with van der Waals surface area (Å²) >= 11 is 5.85. The summed E-state index contributed by atoms with van der Waals surface area (Å²) < 4.78 is 2.17. The van der Waals surface area contributed by atoms with Gasteiger partial charge >= 0.3 is 0 Å². The van der Waals surface area contributed by atoms with Crippen LogP contribution in [0.5, 0.6) is 0 Å². The maximum atomic E-state index is 12.7. The molecular formula is C17H19ClN4O. The van der Waals surface area contributed by atoms with E-state index in [2.05, 4.69) is 28.4 Å². The number of imidazole rings is 1. The number of benzene rings is 1. The van der Waals surface area contributed by atoms with Crippen LogP contribution in [0.2, 0.25) is 5.28 Å². The Kier molecular flexibility index (Phi) is 4.13. The standard InChI is InChI=1S/C17H19ClN4O/c1-11(2)22-8-4-5-13(22)10-21(3)16(23)12-6-7-14-15(9-12)20-17(18)19-14/h4-9,11H,10H2,1-3H3,(H,19,20). The van der Waals surface area contributed by atoms with Gasteiger partial charge in [0.25, 0.3) is 5.91 Å². The van der Waals surface area contributed by atoms with Gasteiger partial charge in [0.1, 0.15) is 0 Å². The monoisotopic (exact) mass is 330 g/mol. The minimum Gasteiger partial charge on any atom is -0.347 e. The third-order valence-corrected chi connectivity index (χ3v) is 4.05. The van der Waals surface area contributed by atoms with Crippen molar-refractivity contribution in [2.75, 3.05) is 7.05 Å². The first-order chi connectivity index (χ1) is 11.0. The van der Waals surface area contributed by atoms with Crippen molar-refractivity contribution in [3.63, 3.8) is 0 Å². The fourth-order valence-electron chi connectivity index (χ4n) is 2.71. The molecule has 5 nitrogen and oxygen atoms in total. The van der Waals surface area contributed by atoms with E-state index in [1.54, 1.807) is 23.1 Å². The first-order valence-electron chi connectivity index (χ1n) is 7.52. The Morgan fingerprint density at radius 1 is 1.39 bits per heavy atom. The number of nitrogens with one attached hydrogen (secondary N) is 1. The Morgan fingerprint density at radius 3 is 2.91 bits per heavy atom. The summed E-state index contributed by atoms with van der Waals surface area (Å²) in [5.41, 5.74) is 3.24. The van der Waals surface area contributed by atoms with E-state index in [1.165, 1.54) is 0 Å². The van der Waals surface area contributed by atoms with Crippen molar-refractivity contribution in [3.8, 4) is 0 Å². The van der Waals surface area contributed by atoms with Crippen LogP contribution in [0.3, 0.4) is 0 Å². The fourth-order valence-corrected chi connectivity index (χ4v) is 2.91. The lowest BCUT2D eigenvalue weighted by Crippen LogP contribution is -2.27. The van der Waals surface area contributed by atoms with Crippen LogP contribution in [0.15, 0.2) is 36.5 Å². The van der Waals surface area contributed by atoms with Gasteiger partial charge in [-0.3, -0.25) is 4.79 Å². The lowest BCUT2D eigenvalue weighted by atomic mass is 10.1. The van der Waals surface area contributed by atoms with Gasteiger partial charge in [0.15, 0.2) is 0 Å². The molecule has 0 atom stereocenters. The van der Waals surface area contributed by atoms with Crippen molar-refractivity contribution in [1.29, 1.82) is 0 Å². The average Bonchev–Trinajstić information content (AvgIpc) is 3.10. The van der Waals surface area contributed by atoms with Gasteiger partial charge in [-0.25, -0.2) is 4.98 Å². The number of hydrogen-bond donors (Lipinski definition) is 1. The Labute approximate surface area is 139 Å². The van der Waals surface area contributed by atoms with Gasteiger partial charge in [0, 0.05) is 30.5 Å². The number of amides is 1. The summed E-state index contributed by atoms with van der Waals surface area (Å²) in [6.45, 7) is 4.81. The number of carbonyl (C=O) groups is 1. The van der Waals surface area contributed by atoms with Crippen LogP contribution in [0.25, 0.3) is 11.0 Å². The Bertz CT molecular complexity index is 849. The number of halogens is 1. The van der Waals surface area contributed by atoms with E-state index in [1.807, 2.05) is 25.4 Å². The first-order valence-corrected chi connectivity index (χ1v) is 7.90. The molecule has 0 aliphatic rings. The number of fused-ring (bicyclic) bond motifs is 1. The van der Waals surface area contributed by atoms with E-state index in [0.717, 1.165) is 16.7 Å². The van der Waals surface area contributed by atoms with E-state index < -0.39 is 0 Å². The van der Waals surface area contributed by atoms with Crippen LogP contribution in [0.4, 0.5) is 0 Å². The van der Waals surface area contributed by atoms with Crippen LogP contribution in [0.1, 0.15) is 35.9 Å². The van der Waals surface area contributed by atoms with Crippen molar-refractivity contribution in [1.82, 2.24) is 19.4 Å². The van der Waals surface area contributed by atoms with Gasteiger partial charge in [-0.05, 0) is 55.8 Å². The SMILES string of the molecule is CC(C)n1cccc1CN(C)C(=O)c1ccc2nc(Cl)[nH]c2c1. The zero-order valence-electron chi connectivity index (χ0n) is 13.4. The molecule has 0 bridgehead atoms. The number of rotatable bonds is 4. The lowest BCUT2D eigenvalue weighted by molar-refractivity contribution is 0.0781. The molecule has 0 unspecified atom stereocenters. The van der Waals surface area contributed by atoms with Crippen molar-refractivity contribution < 1.29 is 4.79 Å². The first kappa shape index (κ1) is 15.6. The molecule has 0 radical (unpaired) electrons. The molecule has 0 fully saturated rings. The molecule has 0 aliphatic heterocycles. The molecule has 0 aliphatic carbocycles. The molecule has 0 spiro atoms. The third-order valence-electron chi connectivity index (χ3n) is 3.87. The topological polar surface area (TPSA) is 53.9 Å². The minimum absolute atomic E-state index is 0.0332. The number of carbonyl (C=O) groups excluding carboxylic acids is 1. The zero-order chi connectivity index (χ0) is 16.6. The average molecular weight is 331 g/mol. The molecule has 3 aromatic rings. The molecule has 23 heavy (non-hydrogen) atoms. The van der Waals surface area contributed by atoms with E-state index in [9.17, 15) is 4.79 Å². The summed E-state index contributed by atoms with van der Waals surface area (Å²) in [5, 5.41) is 0.327. The summed E-state index contributed by atoms with van der Waals surface area (Å²) in [6.07, 6.45) is 2.04. The second-order valence-electron chi connectivity index (χ2n) is 5.92. The summed E-state index contributed by atoms with van der Waals surface area (Å²) in [7, 11) is 1.81. The maximum Gasteiger partial charge on any atom is 0.254 e. The molecule has 0 saturated heterocycles. The Balaban J connectivity index is 1.81. The normalized spacial score (nSPS) is 11.3. The van der Waals surface area contributed by atoms with Gasteiger partial charge < -0.3 is 14.5 Å². The van der Waals surface area contributed by atoms with Crippen molar-refractivity contribution in [3.05, 3.63) is 53.1 Å².